The number of rotatable bonds is 4. The SMILES string of the molecule is c1ccc(-c2ccc(-c3c4ccccc4c(-c4ccc(-c5ccc6c(c5)sc5c7ccccc7ccc65)cn4)c4ccccc34)cc2)cc1. The Morgan fingerprint density at radius 1 is 0.347 bits per heavy atom. The Morgan fingerprint density at radius 3 is 1.59 bits per heavy atom. The van der Waals surface area contributed by atoms with Gasteiger partial charge in [-0.05, 0) is 72.3 Å². The molecule has 0 spiro atoms. The molecule has 0 saturated carbocycles. The number of thiophene rings is 1. The second-order valence-corrected chi connectivity index (χ2v) is 13.7. The summed E-state index contributed by atoms with van der Waals surface area (Å²) in [4.78, 5) is 5.14. The summed E-state index contributed by atoms with van der Waals surface area (Å²) in [6.07, 6.45) is 2.04. The first-order valence-corrected chi connectivity index (χ1v) is 17.5. The molecule has 2 aromatic heterocycles. The van der Waals surface area contributed by atoms with Gasteiger partial charge in [-0.3, -0.25) is 4.98 Å². The fourth-order valence-electron chi connectivity index (χ4n) is 7.57. The molecule has 228 valence electrons. The highest BCUT2D eigenvalue weighted by Crippen LogP contribution is 2.44. The fourth-order valence-corrected chi connectivity index (χ4v) is 8.85. The van der Waals surface area contributed by atoms with Crippen LogP contribution in [0.3, 0.4) is 0 Å². The summed E-state index contributed by atoms with van der Waals surface area (Å²) in [5.41, 5.74) is 9.39. The minimum absolute atomic E-state index is 0.983. The van der Waals surface area contributed by atoms with Gasteiger partial charge in [-0.15, -0.1) is 11.3 Å². The summed E-state index contributed by atoms with van der Waals surface area (Å²) in [6.45, 7) is 0. The molecule has 0 aliphatic rings. The molecule has 0 N–H and O–H groups in total. The van der Waals surface area contributed by atoms with Crippen molar-refractivity contribution in [3.63, 3.8) is 0 Å². The van der Waals surface area contributed by atoms with Gasteiger partial charge in [0.15, 0.2) is 0 Å². The third-order valence-corrected chi connectivity index (χ3v) is 11.1. The van der Waals surface area contributed by atoms with Crippen LogP contribution in [0, 0.1) is 0 Å². The summed E-state index contributed by atoms with van der Waals surface area (Å²) < 4.78 is 2.66. The Bertz CT molecular complexity index is 2790. The lowest BCUT2D eigenvalue weighted by atomic mass is 9.87. The Hall–Kier alpha value is -6.09. The average Bonchev–Trinajstić information content (AvgIpc) is 3.56. The van der Waals surface area contributed by atoms with Crippen LogP contribution in [0.1, 0.15) is 0 Å². The van der Waals surface area contributed by atoms with Crippen molar-refractivity contribution in [1.82, 2.24) is 4.98 Å². The van der Waals surface area contributed by atoms with Crippen LogP contribution in [0.2, 0.25) is 0 Å². The Balaban J connectivity index is 1.08. The molecule has 1 nitrogen and oxygen atoms in total. The normalized spacial score (nSPS) is 11.7. The molecule has 10 rings (SSSR count). The Morgan fingerprint density at radius 2 is 0.898 bits per heavy atom. The number of aromatic nitrogens is 1. The molecule has 2 heterocycles. The largest absolute Gasteiger partial charge is 0.256 e. The van der Waals surface area contributed by atoms with Gasteiger partial charge in [0.25, 0.3) is 0 Å². The summed E-state index contributed by atoms with van der Waals surface area (Å²) in [5, 5.41) is 10.1. The molecule has 0 aliphatic carbocycles. The molecule has 2 heteroatoms. The fraction of sp³-hybridized carbons (Fsp3) is 0. The van der Waals surface area contributed by atoms with Crippen molar-refractivity contribution in [1.29, 1.82) is 0 Å². The molecule has 10 aromatic rings. The van der Waals surface area contributed by atoms with E-state index in [4.69, 9.17) is 4.98 Å². The monoisotopic (exact) mass is 639 g/mol. The van der Waals surface area contributed by atoms with Crippen molar-refractivity contribution in [2.45, 2.75) is 0 Å². The van der Waals surface area contributed by atoms with Crippen molar-refractivity contribution in [2.24, 2.45) is 0 Å². The van der Waals surface area contributed by atoms with Crippen molar-refractivity contribution >= 4 is 63.8 Å². The predicted octanol–water partition coefficient (Wildman–Crippen LogP) is 13.6. The van der Waals surface area contributed by atoms with Crippen molar-refractivity contribution in [3.05, 3.63) is 176 Å². The molecule has 8 aromatic carbocycles. The van der Waals surface area contributed by atoms with E-state index in [0.717, 1.165) is 11.3 Å². The maximum Gasteiger partial charge on any atom is 0.0714 e. The highest BCUT2D eigenvalue weighted by molar-refractivity contribution is 7.26. The summed E-state index contributed by atoms with van der Waals surface area (Å²) in [6, 6.07) is 61.6. The maximum atomic E-state index is 5.14. The average molecular weight is 640 g/mol. The van der Waals surface area contributed by atoms with Crippen LogP contribution >= 0.6 is 11.3 Å². The zero-order valence-electron chi connectivity index (χ0n) is 26.6. The quantitative estimate of drug-likeness (QED) is 0.175. The zero-order valence-corrected chi connectivity index (χ0v) is 27.4. The number of nitrogens with zero attached hydrogens (tertiary/aromatic N) is 1. The molecular formula is C47H29NS. The van der Waals surface area contributed by atoms with E-state index in [2.05, 4.69) is 170 Å². The Kier molecular flexibility index (Phi) is 6.43. The first-order chi connectivity index (χ1) is 24.3. The highest BCUT2D eigenvalue weighted by Gasteiger charge is 2.18. The number of hydrogen-bond acceptors (Lipinski definition) is 2. The minimum Gasteiger partial charge on any atom is -0.256 e. The lowest BCUT2D eigenvalue weighted by Crippen LogP contribution is -1.92. The molecule has 0 atom stereocenters. The van der Waals surface area contributed by atoms with Crippen LogP contribution < -0.4 is 0 Å². The van der Waals surface area contributed by atoms with Gasteiger partial charge in [0.2, 0.25) is 0 Å². The highest BCUT2D eigenvalue weighted by atomic mass is 32.1. The first kappa shape index (κ1) is 28.0. The second-order valence-electron chi connectivity index (χ2n) is 12.7. The molecule has 49 heavy (non-hydrogen) atoms. The van der Waals surface area contributed by atoms with Crippen LogP contribution in [-0.2, 0) is 0 Å². The zero-order chi connectivity index (χ0) is 32.3. The molecule has 0 amide bonds. The smallest absolute Gasteiger partial charge is 0.0714 e. The van der Waals surface area contributed by atoms with Crippen molar-refractivity contribution in [2.75, 3.05) is 0 Å². The van der Waals surface area contributed by atoms with Crippen molar-refractivity contribution < 1.29 is 0 Å². The molecule has 0 unspecified atom stereocenters. The second kappa shape index (κ2) is 11.3. The van der Waals surface area contributed by atoms with Crippen LogP contribution in [0.5, 0.6) is 0 Å². The van der Waals surface area contributed by atoms with Crippen molar-refractivity contribution in [3.8, 4) is 44.6 Å². The van der Waals surface area contributed by atoms with Gasteiger partial charge in [-0.25, -0.2) is 0 Å². The van der Waals surface area contributed by atoms with Gasteiger partial charge in [0, 0.05) is 37.5 Å². The van der Waals surface area contributed by atoms with Gasteiger partial charge in [0.05, 0.1) is 5.69 Å². The van der Waals surface area contributed by atoms with E-state index in [1.165, 1.54) is 85.9 Å². The molecule has 0 saturated heterocycles. The third-order valence-electron chi connectivity index (χ3n) is 9.93. The molecule has 0 fully saturated rings. The minimum atomic E-state index is 0.983. The Labute approximate surface area is 288 Å². The van der Waals surface area contributed by atoms with E-state index >= 15 is 0 Å². The van der Waals surface area contributed by atoms with E-state index in [1.807, 2.05) is 17.5 Å². The van der Waals surface area contributed by atoms with Crippen LogP contribution in [0.15, 0.2) is 176 Å². The summed E-state index contributed by atoms with van der Waals surface area (Å²) >= 11 is 1.88. The van der Waals surface area contributed by atoms with Crippen LogP contribution in [0.4, 0.5) is 0 Å². The number of hydrogen-bond donors (Lipinski definition) is 0. The van der Waals surface area contributed by atoms with Crippen LogP contribution in [-0.4, -0.2) is 4.98 Å². The molecule has 0 aliphatic heterocycles. The summed E-state index contributed by atoms with van der Waals surface area (Å²) in [5.74, 6) is 0. The van der Waals surface area contributed by atoms with Gasteiger partial charge in [-0.2, -0.15) is 0 Å². The number of fused-ring (bicyclic) bond motifs is 7. The van der Waals surface area contributed by atoms with E-state index in [0.29, 0.717) is 0 Å². The first-order valence-electron chi connectivity index (χ1n) is 16.7. The third kappa shape index (κ3) is 4.57. The topological polar surface area (TPSA) is 12.9 Å². The molecular weight excluding hydrogens is 611 g/mol. The standard InChI is InChI=1S/C47H29NS/c1-2-10-30(11-3-1)31-18-20-33(21-19-31)45-38-14-6-8-16-40(38)46(41-17-9-7-15-39(41)45)43-27-24-35(29-48-43)34-23-25-37-42-26-22-32-12-4-5-13-36(32)47(42)49-44(37)28-34/h1-29H. The maximum absolute atomic E-state index is 5.14. The number of pyridine rings is 1. The van der Waals surface area contributed by atoms with Gasteiger partial charge < -0.3 is 0 Å². The van der Waals surface area contributed by atoms with E-state index in [-0.39, 0.29) is 0 Å². The van der Waals surface area contributed by atoms with E-state index < -0.39 is 0 Å². The van der Waals surface area contributed by atoms with E-state index in [9.17, 15) is 0 Å². The van der Waals surface area contributed by atoms with Gasteiger partial charge in [-0.1, -0.05) is 158 Å². The molecule has 0 bridgehead atoms. The van der Waals surface area contributed by atoms with E-state index in [1.54, 1.807) is 0 Å². The molecule has 0 radical (unpaired) electrons. The summed E-state index contributed by atoms with van der Waals surface area (Å²) in [7, 11) is 0. The lowest BCUT2D eigenvalue weighted by molar-refractivity contribution is 1.34. The van der Waals surface area contributed by atoms with Gasteiger partial charge >= 0.3 is 0 Å². The number of benzene rings is 8. The van der Waals surface area contributed by atoms with Gasteiger partial charge in [0.1, 0.15) is 0 Å². The van der Waals surface area contributed by atoms with Crippen LogP contribution in [0.25, 0.3) is 97.1 Å². The predicted molar refractivity (Wildman–Crippen MR) is 211 cm³/mol. The lowest BCUT2D eigenvalue weighted by Gasteiger charge is -2.17.